The summed E-state index contributed by atoms with van der Waals surface area (Å²) in [6, 6.07) is 20.3. The van der Waals surface area contributed by atoms with Gasteiger partial charge in [-0.1, -0.05) is 60.7 Å². The molecule has 5 heteroatoms. The summed E-state index contributed by atoms with van der Waals surface area (Å²) in [6.45, 7) is 3.69. The Morgan fingerprint density at radius 1 is 1.00 bits per heavy atom. The van der Waals surface area contributed by atoms with Gasteiger partial charge in [-0.3, -0.25) is 14.9 Å². The molecule has 1 fully saturated rings. The molecule has 1 N–H and O–H groups in total. The summed E-state index contributed by atoms with van der Waals surface area (Å²) >= 11 is 0. The summed E-state index contributed by atoms with van der Waals surface area (Å²) in [7, 11) is 0. The molecule has 5 nitrogen and oxygen atoms in total. The summed E-state index contributed by atoms with van der Waals surface area (Å²) in [6.07, 6.45) is 1.34. The number of nitrogens with zero attached hydrogens (tertiary/aromatic N) is 1. The molecule has 0 aromatic heterocycles. The first-order valence-electron chi connectivity index (χ1n) is 9.96. The Hall–Kier alpha value is -2.66. The summed E-state index contributed by atoms with van der Waals surface area (Å²) < 4.78 is 5.10. The van der Waals surface area contributed by atoms with Crippen LogP contribution in [0, 0.1) is 5.92 Å². The van der Waals surface area contributed by atoms with E-state index < -0.39 is 0 Å². The van der Waals surface area contributed by atoms with Crippen molar-refractivity contribution in [2.24, 2.45) is 5.92 Å². The number of piperidine rings is 1. The van der Waals surface area contributed by atoms with Crippen molar-refractivity contribution in [1.29, 1.82) is 0 Å². The van der Waals surface area contributed by atoms with Crippen molar-refractivity contribution in [1.82, 2.24) is 10.2 Å². The highest BCUT2D eigenvalue weighted by Crippen LogP contribution is 2.22. The molecule has 2 aromatic carbocycles. The van der Waals surface area contributed by atoms with Gasteiger partial charge in [-0.05, 0) is 30.9 Å². The maximum Gasteiger partial charge on any atom is 0.309 e. The fourth-order valence-electron chi connectivity index (χ4n) is 3.65. The second-order valence-corrected chi connectivity index (χ2v) is 7.04. The molecule has 0 unspecified atom stereocenters. The minimum absolute atomic E-state index is 0.0385. The number of likely N-dealkylation sites (tertiary alicyclic amines) is 1. The second kappa shape index (κ2) is 10.0. The lowest BCUT2D eigenvalue weighted by atomic mass is 9.96. The predicted octanol–water partition coefficient (Wildman–Crippen LogP) is 3.17. The van der Waals surface area contributed by atoms with E-state index in [0.717, 1.165) is 11.1 Å². The summed E-state index contributed by atoms with van der Waals surface area (Å²) in [4.78, 5) is 26.4. The third-order valence-corrected chi connectivity index (χ3v) is 5.19. The van der Waals surface area contributed by atoms with Crippen LogP contribution in [-0.2, 0) is 14.3 Å². The van der Waals surface area contributed by atoms with Gasteiger partial charge in [-0.25, -0.2) is 0 Å². The van der Waals surface area contributed by atoms with Crippen LogP contribution in [0.25, 0.3) is 0 Å². The molecule has 0 bridgehead atoms. The number of ether oxygens (including phenoxy) is 1. The van der Waals surface area contributed by atoms with Crippen molar-refractivity contribution < 1.29 is 14.3 Å². The van der Waals surface area contributed by atoms with Crippen LogP contribution in [0.3, 0.4) is 0 Å². The molecule has 1 saturated heterocycles. The minimum atomic E-state index is -0.138. The van der Waals surface area contributed by atoms with Gasteiger partial charge in [0.25, 0.3) is 0 Å². The summed E-state index contributed by atoms with van der Waals surface area (Å²) in [5.41, 5.74) is 2.25. The third-order valence-electron chi connectivity index (χ3n) is 5.19. The van der Waals surface area contributed by atoms with E-state index in [-0.39, 0.29) is 30.4 Å². The van der Waals surface area contributed by atoms with Crippen LogP contribution in [0.1, 0.15) is 36.9 Å². The average molecular weight is 380 g/mol. The fraction of sp³-hybridized carbons (Fsp3) is 0.391. The number of carbonyl (C=O) groups excluding carboxylic acids is 2. The van der Waals surface area contributed by atoms with Crippen LogP contribution < -0.4 is 5.32 Å². The lowest BCUT2D eigenvalue weighted by Crippen LogP contribution is -2.44. The maximum atomic E-state index is 12.7. The van der Waals surface area contributed by atoms with Crippen LogP contribution in [0.4, 0.5) is 0 Å². The minimum Gasteiger partial charge on any atom is -0.466 e. The van der Waals surface area contributed by atoms with Gasteiger partial charge in [0.2, 0.25) is 5.91 Å². The Bertz CT molecular complexity index is 716. The van der Waals surface area contributed by atoms with Crippen molar-refractivity contribution in [2.45, 2.75) is 25.8 Å². The number of esters is 1. The molecule has 28 heavy (non-hydrogen) atoms. The predicted molar refractivity (Wildman–Crippen MR) is 109 cm³/mol. The van der Waals surface area contributed by atoms with E-state index in [2.05, 4.69) is 29.6 Å². The van der Waals surface area contributed by atoms with E-state index in [0.29, 0.717) is 32.5 Å². The smallest absolute Gasteiger partial charge is 0.309 e. The van der Waals surface area contributed by atoms with Gasteiger partial charge in [0.1, 0.15) is 0 Å². The zero-order chi connectivity index (χ0) is 19.8. The van der Waals surface area contributed by atoms with Gasteiger partial charge in [-0.15, -0.1) is 0 Å². The number of carbonyl (C=O) groups is 2. The molecule has 2 aromatic rings. The Kier molecular flexibility index (Phi) is 7.20. The van der Waals surface area contributed by atoms with Crippen molar-refractivity contribution in [2.75, 3.05) is 26.2 Å². The van der Waals surface area contributed by atoms with E-state index in [1.165, 1.54) is 0 Å². The van der Waals surface area contributed by atoms with Gasteiger partial charge in [0, 0.05) is 13.1 Å². The highest BCUT2D eigenvalue weighted by atomic mass is 16.5. The summed E-state index contributed by atoms with van der Waals surface area (Å²) in [5.74, 6) is -0.154. The molecular formula is C23H28N2O3. The zero-order valence-corrected chi connectivity index (χ0v) is 16.3. The first kappa shape index (κ1) is 20.1. The maximum absolute atomic E-state index is 12.7. The third kappa shape index (κ3) is 5.20. The molecule has 1 amide bonds. The van der Waals surface area contributed by atoms with Gasteiger partial charge in [0.05, 0.1) is 25.1 Å². The van der Waals surface area contributed by atoms with Gasteiger partial charge >= 0.3 is 5.97 Å². The molecule has 0 aliphatic carbocycles. The number of benzene rings is 2. The molecule has 1 aliphatic rings. The second-order valence-electron chi connectivity index (χ2n) is 7.04. The molecule has 0 radical (unpaired) electrons. The lowest BCUT2D eigenvalue weighted by Gasteiger charge is -2.31. The molecule has 148 valence electrons. The molecule has 0 saturated carbocycles. The number of hydrogen-bond acceptors (Lipinski definition) is 4. The van der Waals surface area contributed by atoms with E-state index in [1.54, 1.807) is 0 Å². The van der Waals surface area contributed by atoms with Crippen LogP contribution >= 0.6 is 0 Å². The lowest BCUT2D eigenvalue weighted by molar-refractivity contribution is -0.151. The first-order valence-corrected chi connectivity index (χ1v) is 9.96. The Labute approximate surface area is 166 Å². The van der Waals surface area contributed by atoms with E-state index >= 15 is 0 Å². The van der Waals surface area contributed by atoms with Crippen molar-refractivity contribution in [3.8, 4) is 0 Å². The topological polar surface area (TPSA) is 58.6 Å². The average Bonchev–Trinajstić information content (AvgIpc) is 2.75. The van der Waals surface area contributed by atoms with E-state index in [9.17, 15) is 9.59 Å². The van der Waals surface area contributed by atoms with Gasteiger partial charge in [-0.2, -0.15) is 0 Å². The largest absolute Gasteiger partial charge is 0.466 e. The number of amides is 1. The quantitative estimate of drug-likeness (QED) is 0.750. The molecule has 1 heterocycles. The van der Waals surface area contributed by atoms with Crippen molar-refractivity contribution in [3.05, 3.63) is 71.8 Å². The SMILES string of the molecule is CCOC(=O)C1CCN(C(=O)CNC(c2ccccc2)c2ccccc2)CC1. The number of nitrogens with one attached hydrogen (secondary N) is 1. The molecule has 0 atom stereocenters. The van der Waals surface area contributed by atoms with Crippen LogP contribution in [0.5, 0.6) is 0 Å². The number of hydrogen-bond donors (Lipinski definition) is 1. The highest BCUT2D eigenvalue weighted by Gasteiger charge is 2.28. The Balaban J connectivity index is 1.58. The first-order chi connectivity index (χ1) is 13.7. The van der Waals surface area contributed by atoms with Gasteiger partial charge < -0.3 is 9.64 Å². The normalized spacial score (nSPS) is 14.9. The highest BCUT2D eigenvalue weighted by molar-refractivity contribution is 5.79. The Morgan fingerprint density at radius 2 is 1.54 bits per heavy atom. The summed E-state index contributed by atoms with van der Waals surface area (Å²) in [5, 5.41) is 3.42. The fourth-order valence-corrected chi connectivity index (χ4v) is 3.65. The number of rotatable bonds is 7. The monoisotopic (exact) mass is 380 g/mol. The molecule has 0 spiro atoms. The van der Waals surface area contributed by atoms with E-state index in [1.807, 2.05) is 48.2 Å². The van der Waals surface area contributed by atoms with Crippen LogP contribution in [0.2, 0.25) is 0 Å². The zero-order valence-electron chi connectivity index (χ0n) is 16.3. The van der Waals surface area contributed by atoms with Crippen LogP contribution in [0.15, 0.2) is 60.7 Å². The van der Waals surface area contributed by atoms with Crippen molar-refractivity contribution >= 4 is 11.9 Å². The molecule has 1 aliphatic heterocycles. The van der Waals surface area contributed by atoms with Crippen molar-refractivity contribution in [3.63, 3.8) is 0 Å². The standard InChI is InChI=1S/C23H28N2O3/c1-2-28-23(27)20-13-15-25(16-14-20)21(26)17-24-22(18-9-5-3-6-10-18)19-11-7-4-8-12-19/h3-12,20,22,24H,2,13-17H2,1H3. The van der Waals surface area contributed by atoms with Crippen LogP contribution in [-0.4, -0.2) is 43.0 Å². The van der Waals surface area contributed by atoms with Gasteiger partial charge in [0.15, 0.2) is 0 Å². The molecular weight excluding hydrogens is 352 g/mol. The Morgan fingerprint density at radius 3 is 2.04 bits per heavy atom. The molecule has 3 rings (SSSR count). The van der Waals surface area contributed by atoms with E-state index in [4.69, 9.17) is 4.74 Å².